The summed E-state index contributed by atoms with van der Waals surface area (Å²) in [5.74, 6) is -1.76. The number of hydrogen-bond donors (Lipinski definition) is 1. The van der Waals surface area contributed by atoms with Crippen molar-refractivity contribution in [2.75, 3.05) is 43.5 Å². The summed E-state index contributed by atoms with van der Waals surface area (Å²) in [4.78, 5) is 26.7. The second-order valence-electron chi connectivity index (χ2n) is 6.75. The number of carbonyl (C=O) groups is 2. The molecule has 6 nitrogen and oxygen atoms in total. The van der Waals surface area contributed by atoms with Crippen molar-refractivity contribution in [3.05, 3.63) is 50.9 Å². The van der Waals surface area contributed by atoms with Crippen LogP contribution in [0.1, 0.15) is 10.4 Å². The van der Waals surface area contributed by atoms with Gasteiger partial charge in [0.2, 0.25) is 0 Å². The van der Waals surface area contributed by atoms with Gasteiger partial charge in [-0.3, -0.25) is 9.59 Å². The average molecular weight is 565 g/mol. The minimum Gasteiger partial charge on any atom is -0.495 e. The van der Waals surface area contributed by atoms with Crippen LogP contribution in [-0.4, -0.2) is 56.2 Å². The van der Waals surface area contributed by atoms with Gasteiger partial charge in [-0.2, -0.15) is 13.2 Å². The van der Waals surface area contributed by atoms with E-state index in [1.165, 1.54) is 7.11 Å². The Morgan fingerprint density at radius 2 is 1.65 bits per heavy atom. The van der Waals surface area contributed by atoms with Crippen LogP contribution in [0.4, 0.5) is 24.5 Å². The number of carbonyl (C=O) groups excluding carboxylic acids is 2. The molecule has 1 saturated heterocycles. The molecule has 0 spiro atoms. The first-order valence-electron chi connectivity index (χ1n) is 9.15. The number of piperazine rings is 1. The van der Waals surface area contributed by atoms with Crippen LogP contribution < -0.4 is 15.0 Å². The zero-order valence-corrected chi connectivity index (χ0v) is 19.5. The molecule has 166 valence electrons. The number of benzene rings is 2. The van der Waals surface area contributed by atoms with E-state index in [0.717, 1.165) is 10.6 Å². The highest BCUT2D eigenvalue weighted by atomic mass is 79.9. The molecule has 2 aromatic carbocycles. The summed E-state index contributed by atoms with van der Waals surface area (Å²) in [6, 6.07) is 10.4. The van der Waals surface area contributed by atoms with E-state index < -0.39 is 12.1 Å². The zero-order valence-electron chi connectivity index (χ0n) is 16.3. The Morgan fingerprint density at radius 3 is 2.19 bits per heavy atom. The summed E-state index contributed by atoms with van der Waals surface area (Å²) in [5.41, 5.74) is 1.69. The van der Waals surface area contributed by atoms with Crippen LogP contribution in [0, 0.1) is 0 Å². The van der Waals surface area contributed by atoms with Crippen LogP contribution in [0.15, 0.2) is 45.3 Å². The third-order valence-corrected chi connectivity index (χ3v) is 5.80. The van der Waals surface area contributed by atoms with Crippen LogP contribution in [-0.2, 0) is 4.79 Å². The molecule has 1 aliphatic heterocycles. The van der Waals surface area contributed by atoms with Gasteiger partial charge in [-0.15, -0.1) is 0 Å². The van der Waals surface area contributed by atoms with E-state index in [9.17, 15) is 22.8 Å². The maximum Gasteiger partial charge on any atom is 0.471 e. The number of nitrogens with zero attached hydrogens (tertiary/aromatic N) is 2. The van der Waals surface area contributed by atoms with E-state index in [4.69, 9.17) is 4.74 Å². The van der Waals surface area contributed by atoms with Gasteiger partial charge < -0.3 is 19.9 Å². The van der Waals surface area contributed by atoms with E-state index in [0.29, 0.717) is 25.9 Å². The normalized spacial score (nSPS) is 14.4. The molecule has 2 aromatic rings. The van der Waals surface area contributed by atoms with Crippen LogP contribution in [0.25, 0.3) is 0 Å². The summed E-state index contributed by atoms with van der Waals surface area (Å²) in [7, 11) is 1.47. The highest BCUT2D eigenvalue weighted by molar-refractivity contribution is 9.11. The first-order valence-corrected chi connectivity index (χ1v) is 10.7. The van der Waals surface area contributed by atoms with Crippen LogP contribution in [0.2, 0.25) is 0 Å². The fraction of sp³-hybridized carbons (Fsp3) is 0.300. The number of anilines is 2. The molecule has 0 unspecified atom stereocenters. The lowest BCUT2D eigenvalue weighted by Gasteiger charge is -2.36. The quantitative estimate of drug-likeness (QED) is 0.585. The van der Waals surface area contributed by atoms with Gasteiger partial charge in [0.15, 0.2) is 0 Å². The number of halogens is 5. The summed E-state index contributed by atoms with van der Waals surface area (Å²) < 4.78 is 44.3. The van der Waals surface area contributed by atoms with Crippen molar-refractivity contribution in [2.45, 2.75) is 6.18 Å². The maximum absolute atomic E-state index is 12.7. The van der Waals surface area contributed by atoms with Crippen molar-refractivity contribution in [3.63, 3.8) is 0 Å². The fourth-order valence-corrected chi connectivity index (χ4v) is 4.62. The Kier molecular flexibility index (Phi) is 7.15. The molecule has 3 rings (SSSR count). The molecule has 0 atom stereocenters. The van der Waals surface area contributed by atoms with Gasteiger partial charge in [0.05, 0.1) is 17.1 Å². The molecule has 0 bridgehead atoms. The first kappa shape index (κ1) is 23.4. The molecular weight excluding hydrogens is 547 g/mol. The number of alkyl halides is 3. The van der Waals surface area contributed by atoms with Crippen molar-refractivity contribution in [1.29, 1.82) is 0 Å². The Bertz CT molecular complexity index is 976. The lowest BCUT2D eigenvalue weighted by molar-refractivity contribution is -0.185. The van der Waals surface area contributed by atoms with Gasteiger partial charge >= 0.3 is 12.1 Å². The monoisotopic (exact) mass is 563 g/mol. The summed E-state index contributed by atoms with van der Waals surface area (Å²) in [6.45, 7) is 0.566. The molecule has 1 fully saturated rings. The molecule has 1 heterocycles. The predicted octanol–water partition coefficient (Wildman–Crippen LogP) is 4.68. The fourth-order valence-electron chi connectivity index (χ4n) is 3.24. The van der Waals surface area contributed by atoms with Gasteiger partial charge in [0, 0.05) is 42.0 Å². The Labute approximate surface area is 193 Å². The molecule has 11 heteroatoms. The van der Waals surface area contributed by atoms with E-state index in [1.807, 2.05) is 4.90 Å². The number of methoxy groups -OCH3 is 1. The largest absolute Gasteiger partial charge is 0.495 e. The first-order chi connectivity index (χ1) is 14.6. The molecule has 31 heavy (non-hydrogen) atoms. The van der Waals surface area contributed by atoms with E-state index in [-0.39, 0.29) is 32.1 Å². The molecule has 0 aromatic heterocycles. The summed E-state index contributed by atoms with van der Waals surface area (Å²) in [6.07, 6.45) is -4.85. The van der Waals surface area contributed by atoms with E-state index in [2.05, 4.69) is 37.2 Å². The molecule has 0 radical (unpaired) electrons. The summed E-state index contributed by atoms with van der Waals surface area (Å²) in [5, 5.41) is 2.80. The highest BCUT2D eigenvalue weighted by Gasteiger charge is 2.43. The minimum absolute atomic E-state index is 0.00557. The SMILES string of the molecule is COc1c(Br)cc(Br)cc1C(=O)Nc1ccc(N2CCN(C(=O)C(F)(F)F)CC2)cc1. The second-order valence-corrected chi connectivity index (χ2v) is 8.52. The summed E-state index contributed by atoms with van der Waals surface area (Å²) >= 11 is 6.71. The topological polar surface area (TPSA) is 61.9 Å². The molecule has 2 amide bonds. The van der Waals surface area contributed by atoms with Crippen LogP contribution >= 0.6 is 31.9 Å². The lowest BCUT2D eigenvalue weighted by Crippen LogP contribution is -2.52. The number of rotatable bonds is 4. The standard InChI is InChI=1S/C20H18Br2F3N3O3/c1-31-17-15(10-12(21)11-16(17)22)18(29)26-13-2-4-14(5-3-13)27-6-8-28(9-7-27)19(30)20(23,24)25/h2-5,10-11H,6-9H2,1H3,(H,26,29). The Hall–Kier alpha value is -2.27. The molecular formula is C20H18Br2F3N3O3. The molecule has 0 saturated carbocycles. The lowest BCUT2D eigenvalue weighted by atomic mass is 10.1. The zero-order chi connectivity index (χ0) is 22.8. The van der Waals surface area contributed by atoms with Gasteiger partial charge in [-0.1, -0.05) is 15.9 Å². The molecule has 1 N–H and O–H groups in total. The van der Waals surface area contributed by atoms with Crippen molar-refractivity contribution < 1.29 is 27.5 Å². The Morgan fingerprint density at radius 1 is 1.03 bits per heavy atom. The number of hydrogen-bond acceptors (Lipinski definition) is 4. The van der Waals surface area contributed by atoms with Crippen LogP contribution in [0.3, 0.4) is 0 Å². The third kappa shape index (κ3) is 5.51. The van der Waals surface area contributed by atoms with Crippen molar-refractivity contribution in [2.24, 2.45) is 0 Å². The van der Waals surface area contributed by atoms with Crippen LogP contribution in [0.5, 0.6) is 5.75 Å². The van der Waals surface area contributed by atoms with Gasteiger partial charge in [0.25, 0.3) is 5.91 Å². The van der Waals surface area contributed by atoms with Crippen molar-refractivity contribution in [1.82, 2.24) is 4.90 Å². The molecule has 1 aliphatic rings. The third-order valence-electron chi connectivity index (χ3n) is 4.76. The smallest absolute Gasteiger partial charge is 0.471 e. The van der Waals surface area contributed by atoms with E-state index >= 15 is 0 Å². The number of ether oxygens (including phenoxy) is 1. The van der Waals surface area contributed by atoms with Gasteiger partial charge in [-0.25, -0.2) is 0 Å². The van der Waals surface area contributed by atoms with E-state index in [1.54, 1.807) is 36.4 Å². The predicted molar refractivity (Wildman–Crippen MR) is 118 cm³/mol. The highest BCUT2D eigenvalue weighted by Crippen LogP contribution is 2.33. The number of nitrogens with one attached hydrogen (secondary N) is 1. The Balaban J connectivity index is 1.64. The van der Waals surface area contributed by atoms with Crippen molar-refractivity contribution >= 4 is 55.0 Å². The molecule has 0 aliphatic carbocycles. The van der Waals surface area contributed by atoms with Gasteiger partial charge in [0.1, 0.15) is 5.75 Å². The average Bonchev–Trinajstić information content (AvgIpc) is 2.72. The number of amides is 2. The maximum atomic E-state index is 12.7. The minimum atomic E-state index is -4.85. The second kappa shape index (κ2) is 9.47. The van der Waals surface area contributed by atoms with Crippen molar-refractivity contribution in [3.8, 4) is 5.75 Å². The van der Waals surface area contributed by atoms with Gasteiger partial charge in [-0.05, 0) is 52.3 Å².